The molecule has 0 bridgehead atoms. The molecule has 0 saturated heterocycles. The van der Waals surface area contributed by atoms with Gasteiger partial charge in [-0.05, 0) is 42.0 Å². The molecular weight excluding hydrogens is 310 g/mol. The van der Waals surface area contributed by atoms with Gasteiger partial charge in [0.15, 0.2) is 0 Å². The van der Waals surface area contributed by atoms with Crippen LogP contribution in [0.5, 0.6) is 0 Å². The smallest absolute Gasteiger partial charge is 0.240 e. The molecule has 21 heavy (non-hydrogen) atoms. The van der Waals surface area contributed by atoms with Crippen LogP contribution in [0.4, 0.5) is 0 Å². The first-order valence-corrected chi connectivity index (χ1v) is 8.08. The number of hydrogen-bond acceptors (Lipinski definition) is 3. The van der Waals surface area contributed by atoms with E-state index in [-0.39, 0.29) is 11.4 Å². The lowest BCUT2D eigenvalue weighted by Gasteiger charge is -2.07. The van der Waals surface area contributed by atoms with E-state index in [0.29, 0.717) is 10.7 Å². The molecule has 5 nitrogen and oxygen atoms in total. The Morgan fingerprint density at radius 3 is 2.81 bits per heavy atom. The number of sulfonamides is 1. The highest BCUT2D eigenvalue weighted by Gasteiger charge is 2.14. The van der Waals surface area contributed by atoms with Crippen LogP contribution in [0.15, 0.2) is 53.7 Å². The lowest BCUT2D eigenvalue weighted by molar-refractivity contribution is 0.581. The first-order chi connectivity index (χ1) is 10.0. The fourth-order valence-corrected chi connectivity index (χ4v) is 3.18. The van der Waals surface area contributed by atoms with Crippen molar-refractivity contribution in [1.29, 1.82) is 0 Å². The highest BCUT2D eigenvalue weighted by molar-refractivity contribution is 7.89. The van der Waals surface area contributed by atoms with Gasteiger partial charge in [0.25, 0.3) is 0 Å². The number of aromatic nitrogens is 2. The predicted octanol–water partition coefficient (Wildman–Crippen LogP) is 2.69. The second-order valence-corrected chi connectivity index (χ2v) is 6.69. The van der Waals surface area contributed by atoms with Crippen LogP contribution in [0.25, 0.3) is 10.9 Å². The van der Waals surface area contributed by atoms with Crippen LogP contribution in [0.1, 0.15) is 5.56 Å². The van der Waals surface area contributed by atoms with Crippen molar-refractivity contribution < 1.29 is 8.42 Å². The van der Waals surface area contributed by atoms with Crippen molar-refractivity contribution in [2.45, 2.75) is 11.4 Å². The molecule has 0 unspecified atom stereocenters. The summed E-state index contributed by atoms with van der Waals surface area (Å²) < 4.78 is 27.1. The normalized spacial score (nSPS) is 11.9. The monoisotopic (exact) mass is 321 g/mol. The zero-order valence-electron chi connectivity index (χ0n) is 10.9. The highest BCUT2D eigenvalue weighted by Crippen LogP contribution is 2.19. The maximum Gasteiger partial charge on any atom is 0.240 e. The van der Waals surface area contributed by atoms with Gasteiger partial charge in [-0.25, -0.2) is 18.1 Å². The Balaban J connectivity index is 1.89. The van der Waals surface area contributed by atoms with Gasteiger partial charge in [0.05, 0.1) is 10.4 Å². The second kappa shape index (κ2) is 5.48. The fraction of sp³-hybridized carbons (Fsp3) is 0.0714. The van der Waals surface area contributed by atoms with Crippen LogP contribution < -0.4 is 4.72 Å². The average molecular weight is 322 g/mol. The zero-order chi connectivity index (χ0) is 14.9. The maximum atomic E-state index is 12.3. The van der Waals surface area contributed by atoms with Crippen LogP contribution in [-0.2, 0) is 16.6 Å². The van der Waals surface area contributed by atoms with E-state index in [1.54, 1.807) is 36.7 Å². The lowest BCUT2D eigenvalue weighted by Crippen LogP contribution is -2.23. The quantitative estimate of drug-likeness (QED) is 0.725. The molecule has 2 heterocycles. The van der Waals surface area contributed by atoms with Crippen molar-refractivity contribution >= 4 is 32.5 Å². The Labute approximate surface area is 127 Å². The van der Waals surface area contributed by atoms with E-state index in [4.69, 9.17) is 11.6 Å². The van der Waals surface area contributed by atoms with Crippen LogP contribution in [-0.4, -0.2) is 18.4 Å². The van der Waals surface area contributed by atoms with Crippen molar-refractivity contribution in [1.82, 2.24) is 14.7 Å². The largest absolute Gasteiger partial charge is 0.367 e. The first-order valence-electron chi connectivity index (χ1n) is 6.22. The van der Waals surface area contributed by atoms with Gasteiger partial charge in [-0.1, -0.05) is 11.6 Å². The number of nitrogens with one attached hydrogen (secondary N) is 2. The van der Waals surface area contributed by atoms with Gasteiger partial charge < -0.3 is 4.98 Å². The second-order valence-electron chi connectivity index (χ2n) is 4.53. The Bertz CT molecular complexity index is 876. The molecular formula is C14H12ClN3O2S. The maximum absolute atomic E-state index is 12.3. The first kappa shape index (κ1) is 14.1. The number of benzene rings is 1. The van der Waals surface area contributed by atoms with Crippen molar-refractivity contribution in [3.8, 4) is 0 Å². The van der Waals surface area contributed by atoms with Crippen molar-refractivity contribution in [2.24, 2.45) is 0 Å². The molecule has 1 aromatic carbocycles. The third kappa shape index (κ3) is 3.07. The highest BCUT2D eigenvalue weighted by atomic mass is 35.5. The molecule has 0 atom stereocenters. The van der Waals surface area contributed by atoms with Crippen LogP contribution in [0.3, 0.4) is 0 Å². The molecule has 0 aliphatic rings. The summed E-state index contributed by atoms with van der Waals surface area (Å²) in [4.78, 5) is 7.21. The van der Waals surface area contributed by atoms with Crippen molar-refractivity contribution in [3.63, 3.8) is 0 Å². The van der Waals surface area contributed by atoms with Gasteiger partial charge >= 0.3 is 0 Å². The van der Waals surface area contributed by atoms with Gasteiger partial charge in [-0.2, -0.15) is 0 Å². The van der Waals surface area contributed by atoms with E-state index in [1.807, 2.05) is 6.07 Å². The number of hydrogen-bond donors (Lipinski definition) is 2. The van der Waals surface area contributed by atoms with Gasteiger partial charge in [-0.15, -0.1) is 0 Å². The van der Waals surface area contributed by atoms with Gasteiger partial charge in [0.1, 0.15) is 5.15 Å². The molecule has 2 N–H and O–H groups in total. The number of pyridine rings is 1. The van der Waals surface area contributed by atoms with E-state index >= 15 is 0 Å². The topological polar surface area (TPSA) is 74.8 Å². The summed E-state index contributed by atoms with van der Waals surface area (Å²) in [5.74, 6) is 0. The SMILES string of the molecule is O=S(=O)(NCc1cc[nH]c1)c1ccc2nc(Cl)ccc2c1. The van der Waals surface area contributed by atoms with Crippen LogP contribution in [0.2, 0.25) is 5.15 Å². The van der Waals surface area contributed by atoms with Gasteiger partial charge in [0, 0.05) is 24.3 Å². The van der Waals surface area contributed by atoms with Gasteiger partial charge in [0.2, 0.25) is 10.0 Å². The Morgan fingerprint density at radius 1 is 1.19 bits per heavy atom. The van der Waals surface area contributed by atoms with Crippen molar-refractivity contribution in [2.75, 3.05) is 0 Å². The fourth-order valence-electron chi connectivity index (χ4n) is 1.98. The van der Waals surface area contributed by atoms with Crippen LogP contribution >= 0.6 is 11.6 Å². The van der Waals surface area contributed by atoms with E-state index < -0.39 is 10.0 Å². The summed E-state index contributed by atoms with van der Waals surface area (Å²) in [6.07, 6.45) is 3.49. The van der Waals surface area contributed by atoms with Crippen LogP contribution in [0, 0.1) is 0 Å². The van der Waals surface area contributed by atoms with E-state index in [2.05, 4.69) is 14.7 Å². The average Bonchev–Trinajstić information content (AvgIpc) is 2.98. The minimum Gasteiger partial charge on any atom is -0.367 e. The zero-order valence-corrected chi connectivity index (χ0v) is 12.4. The third-order valence-corrected chi connectivity index (χ3v) is 4.68. The molecule has 0 saturated carbocycles. The summed E-state index contributed by atoms with van der Waals surface area (Å²) in [5.41, 5.74) is 1.53. The Morgan fingerprint density at radius 2 is 2.05 bits per heavy atom. The number of nitrogens with zero attached hydrogens (tertiary/aromatic N) is 1. The number of fused-ring (bicyclic) bond motifs is 1. The third-order valence-electron chi connectivity index (χ3n) is 3.07. The molecule has 3 aromatic rings. The Hall–Kier alpha value is -1.89. The van der Waals surface area contributed by atoms with Gasteiger partial charge in [-0.3, -0.25) is 0 Å². The minimum atomic E-state index is -3.56. The molecule has 3 rings (SSSR count). The molecule has 0 aliphatic carbocycles. The molecule has 7 heteroatoms. The van der Waals surface area contributed by atoms with E-state index in [0.717, 1.165) is 10.9 Å². The number of aromatic amines is 1. The summed E-state index contributed by atoms with van der Waals surface area (Å²) in [5, 5.41) is 1.10. The minimum absolute atomic E-state index is 0.203. The van der Waals surface area contributed by atoms with E-state index in [9.17, 15) is 8.42 Å². The molecule has 0 fully saturated rings. The molecule has 0 aliphatic heterocycles. The summed E-state index contributed by atoms with van der Waals surface area (Å²) in [6.45, 7) is 0.239. The summed E-state index contributed by atoms with van der Waals surface area (Å²) >= 11 is 5.81. The summed E-state index contributed by atoms with van der Waals surface area (Å²) in [7, 11) is -3.56. The molecule has 0 amide bonds. The number of rotatable bonds is 4. The predicted molar refractivity (Wildman–Crippen MR) is 81.6 cm³/mol. The number of H-pyrrole nitrogens is 1. The molecule has 2 aromatic heterocycles. The van der Waals surface area contributed by atoms with E-state index in [1.165, 1.54) is 6.07 Å². The molecule has 0 radical (unpaired) electrons. The number of halogens is 1. The standard InChI is InChI=1S/C14H12ClN3O2S/c15-14-4-1-11-7-12(2-3-13(11)18-14)21(19,20)17-9-10-5-6-16-8-10/h1-8,16-17H,9H2. The molecule has 0 spiro atoms. The Kier molecular flexibility index (Phi) is 3.67. The molecule has 108 valence electrons. The van der Waals surface area contributed by atoms with Crippen molar-refractivity contribution in [3.05, 3.63) is 59.5 Å². The lowest BCUT2D eigenvalue weighted by atomic mass is 10.2. The summed E-state index contributed by atoms with van der Waals surface area (Å²) in [6, 6.07) is 9.94.